The lowest BCUT2D eigenvalue weighted by molar-refractivity contribution is -0.116. The number of rotatable bonds is 3. The van der Waals surface area contributed by atoms with E-state index in [2.05, 4.69) is 21.2 Å². The van der Waals surface area contributed by atoms with Gasteiger partial charge in [0.15, 0.2) is 5.16 Å². The third-order valence-corrected chi connectivity index (χ3v) is 4.27. The first-order chi connectivity index (χ1) is 11.1. The van der Waals surface area contributed by atoms with Crippen LogP contribution in [0.2, 0.25) is 0 Å². The summed E-state index contributed by atoms with van der Waals surface area (Å²) in [6.07, 6.45) is 5.33. The predicted octanol–water partition coefficient (Wildman–Crippen LogP) is 1.67. The average molecular weight is 327 g/mol. The number of H-pyrrole nitrogens is 1. The van der Waals surface area contributed by atoms with E-state index in [4.69, 9.17) is 6.42 Å². The van der Waals surface area contributed by atoms with Crippen LogP contribution in [0.15, 0.2) is 34.2 Å². The number of amides is 1. The monoisotopic (exact) mass is 327 g/mol. The number of carbonyl (C=O) groups is 1. The third kappa shape index (κ3) is 3.07. The second kappa shape index (κ2) is 6.18. The number of thioether (sulfide) groups is 1. The fourth-order valence-electron chi connectivity index (χ4n) is 2.56. The molecule has 116 valence electrons. The van der Waals surface area contributed by atoms with Gasteiger partial charge in [-0.3, -0.25) is 9.59 Å². The molecular weight excluding hydrogens is 314 g/mol. The summed E-state index contributed by atoms with van der Waals surface area (Å²) in [4.78, 5) is 31.4. The van der Waals surface area contributed by atoms with E-state index in [0.29, 0.717) is 22.0 Å². The highest BCUT2D eigenvalue weighted by Gasteiger charge is 2.31. The van der Waals surface area contributed by atoms with E-state index in [9.17, 15) is 14.7 Å². The number of nitrogens with one attached hydrogen (secondary N) is 2. The van der Waals surface area contributed by atoms with Crippen LogP contribution in [0.4, 0.5) is 5.82 Å². The van der Waals surface area contributed by atoms with Crippen molar-refractivity contribution in [1.29, 1.82) is 0 Å². The Morgan fingerprint density at radius 1 is 1.43 bits per heavy atom. The summed E-state index contributed by atoms with van der Waals surface area (Å²) in [6, 6.07) is 6.53. The molecule has 0 fully saturated rings. The predicted molar refractivity (Wildman–Crippen MR) is 87.6 cm³/mol. The molecule has 1 aliphatic rings. The summed E-state index contributed by atoms with van der Waals surface area (Å²) in [5, 5.41) is 12.6. The number of aromatic nitrogens is 2. The number of terminal acetylenes is 1. The first kappa shape index (κ1) is 15.2. The molecule has 0 bridgehead atoms. The number of aromatic amines is 1. The van der Waals surface area contributed by atoms with Crippen molar-refractivity contribution in [3.8, 4) is 18.1 Å². The number of fused-ring (bicyclic) bond motifs is 1. The molecule has 0 spiro atoms. The molecule has 1 aromatic carbocycles. The number of carbonyl (C=O) groups excluding carboxylic acids is 1. The molecule has 23 heavy (non-hydrogen) atoms. The van der Waals surface area contributed by atoms with Crippen LogP contribution in [-0.2, 0) is 4.79 Å². The fourth-order valence-corrected chi connectivity index (χ4v) is 3.10. The standard InChI is InChI=1S/C16H13N3O3S/c1-2-6-23-16-18-14-13(15(22)19-16)11(8-12(21)17-14)9-4-3-5-10(20)7-9/h1,3-5,7,11,20H,6,8H2,(H2,17,18,19,21,22)/t11-/m1/s1. The van der Waals surface area contributed by atoms with Crippen LogP contribution in [0, 0.1) is 12.3 Å². The maximum Gasteiger partial charge on any atom is 0.257 e. The molecular formula is C16H13N3O3S. The van der Waals surface area contributed by atoms with Crippen molar-refractivity contribution in [3.63, 3.8) is 0 Å². The van der Waals surface area contributed by atoms with Gasteiger partial charge in [-0.1, -0.05) is 29.8 Å². The van der Waals surface area contributed by atoms with Crippen molar-refractivity contribution in [2.24, 2.45) is 0 Å². The van der Waals surface area contributed by atoms with Crippen molar-refractivity contribution in [2.45, 2.75) is 17.5 Å². The lowest BCUT2D eigenvalue weighted by Crippen LogP contribution is -2.31. The largest absolute Gasteiger partial charge is 0.508 e. The number of phenolic OH excluding ortho intramolecular Hbond substituents is 1. The number of hydrogen-bond acceptors (Lipinski definition) is 5. The zero-order valence-electron chi connectivity index (χ0n) is 12.0. The molecule has 0 saturated heterocycles. The molecule has 0 saturated carbocycles. The van der Waals surface area contributed by atoms with E-state index < -0.39 is 5.92 Å². The molecule has 7 heteroatoms. The molecule has 0 aliphatic carbocycles. The first-order valence-corrected chi connectivity index (χ1v) is 7.86. The molecule has 1 amide bonds. The van der Waals surface area contributed by atoms with Crippen LogP contribution >= 0.6 is 11.8 Å². The van der Waals surface area contributed by atoms with Crippen molar-refractivity contribution >= 4 is 23.5 Å². The van der Waals surface area contributed by atoms with Crippen LogP contribution in [0.25, 0.3) is 0 Å². The Morgan fingerprint density at radius 2 is 2.26 bits per heavy atom. The first-order valence-electron chi connectivity index (χ1n) is 6.87. The smallest absolute Gasteiger partial charge is 0.257 e. The van der Waals surface area contributed by atoms with Gasteiger partial charge in [0.2, 0.25) is 5.91 Å². The zero-order chi connectivity index (χ0) is 16.4. The molecule has 6 nitrogen and oxygen atoms in total. The number of aromatic hydroxyl groups is 1. The van der Waals surface area contributed by atoms with Crippen LogP contribution in [0.1, 0.15) is 23.5 Å². The number of nitrogens with zero attached hydrogens (tertiary/aromatic N) is 1. The van der Waals surface area contributed by atoms with Gasteiger partial charge in [-0.25, -0.2) is 4.98 Å². The van der Waals surface area contributed by atoms with Gasteiger partial charge in [0.05, 0.1) is 11.3 Å². The van der Waals surface area contributed by atoms with E-state index in [1.54, 1.807) is 18.2 Å². The highest BCUT2D eigenvalue weighted by atomic mass is 32.2. The SMILES string of the molecule is C#CCSc1nc2c(c(=O)[nH]1)[C@@H](c1cccc(O)c1)CC(=O)N2. The Kier molecular flexibility index (Phi) is 4.08. The van der Waals surface area contributed by atoms with Gasteiger partial charge in [-0.2, -0.15) is 0 Å². The number of phenols is 1. The maximum absolute atomic E-state index is 12.4. The maximum atomic E-state index is 12.4. The topological polar surface area (TPSA) is 95.1 Å². The summed E-state index contributed by atoms with van der Waals surface area (Å²) in [6.45, 7) is 0. The van der Waals surface area contributed by atoms with Crippen molar-refractivity contribution < 1.29 is 9.90 Å². The lowest BCUT2D eigenvalue weighted by atomic mass is 9.87. The van der Waals surface area contributed by atoms with Crippen LogP contribution < -0.4 is 10.9 Å². The molecule has 1 aromatic heterocycles. The third-order valence-electron chi connectivity index (χ3n) is 3.49. The molecule has 1 aliphatic heterocycles. The molecule has 3 N–H and O–H groups in total. The summed E-state index contributed by atoms with van der Waals surface area (Å²) >= 11 is 1.21. The second-order valence-electron chi connectivity index (χ2n) is 5.03. The Hall–Kier alpha value is -2.72. The summed E-state index contributed by atoms with van der Waals surface area (Å²) in [7, 11) is 0. The molecule has 0 radical (unpaired) electrons. The molecule has 1 atom stereocenters. The van der Waals surface area contributed by atoms with Crippen LogP contribution in [0.3, 0.4) is 0 Å². The Bertz CT molecular complexity index is 870. The van der Waals surface area contributed by atoms with E-state index in [1.165, 1.54) is 17.8 Å². The second-order valence-corrected chi connectivity index (χ2v) is 5.99. The minimum absolute atomic E-state index is 0.0839. The molecule has 2 heterocycles. The average Bonchev–Trinajstić information content (AvgIpc) is 2.51. The van der Waals surface area contributed by atoms with Crippen LogP contribution in [0.5, 0.6) is 5.75 Å². The molecule has 0 unspecified atom stereocenters. The zero-order valence-corrected chi connectivity index (χ0v) is 12.8. The van der Waals surface area contributed by atoms with Gasteiger partial charge in [0.25, 0.3) is 5.56 Å². The minimum atomic E-state index is -0.450. The van der Waals surface area contributed by atoms with Gasteiger partial charge in [-0.05, 0) is 17.7 Å². The number of hydrogen-bond donors (Lipinski definition) is 3. The van der Waals surface area contributed by atoms with Crippen molar-refractivity contribution in [3.05, 3.63) is 45.7 Å². The van der Waals surface area contributed by atoms with Gasteiger partial charge >= 0.3 is 0 Å². The fraction of sp³-hybridized carbons (Fsp3) is 0.188. The highest BCUT2D eigenvalue weighted by molar-refractivity contribution is 7.99. The van der Waals surface area contributed by atoms with Gasteiger partial charge < -0.3 is 15.4 Å². The number of benzene rings is 1. The summed E-state index contributed by atoms with van der Waals surface area (Å²) < 4.78 is 0. The quantitative estimate of drug-likeness (QED) is 0.453. The molecule has 2 aromatic rings. The number of anilines is 1. The summed E-state index contributed by atoms with van der Waals surface area (Å²) in [5.74, 6) is 2.47. The van der Waals surface area contributed by atoms with E-state index in [1.807, 2.05) is 0 Å². The normalized spacial score (nSPS) is 16.3. The highest BCUT2D eigenvalue weighted by Crippen LogP contribution is 2.35. The van der Waals surface area contributed by atoms with Gasteiger partial charge in [-0.15, -0.1) is 6.42 Å². The van der Waals surface area contributed by atoms with E-state index >= 15 is 0 Å². The van der Waals surface area contributed by atoms with Gasteiger partial charge in [0, 0.05) is 12.3 Å². The lowest BCUT2D eigenvalue weighted by Gasteiger charge is -2.24. The summed E-state index contributed by atoms with van der Waals surface area (Å²) in [5.41, 5.74) is 0.764. The molecule has 3 rings (SSSR count). The minimum Gasteiger partial charge on any atom is -0.508 e. The van der Waals surface area contributed by atoms with Crippen molar-refractivity contribution in [1.82, 2.24) is 9.97 Å². The Labute approximate surface area is 136 Å². The van der Waals surface area contributed by atoms with Crippen LogP contribution in [-0.4, -0.2) is 26.7 Å². The van der Waals surface area contributed by atoms with E-state index in [-0.39, 0.29) is 29.5 Å². The Balaban J connectivity index is 2.09. The van der Waals surface area contributed by atoms with Crippen molar-refractivity contribution in [2.75, 3.05) is 11.1 Å². The van der Waals surface area contributed by atoms with E-state index in [0.717, 1.165) is 0 Å². The van der Waals surface area contributed by atoms with Gasteiger partial charge in [0.1, 0.15) is 11.6 Å². The Morgan fingerprint density at radius 3 is 3.00 bits per heavy atom.